The van der Waals surface area contributed by atoms with Gasteiger partial charge in [0, 0.05) is 24.0 Å². The SMILES string of the molecule is NC(=O)OCc1cc(NC(=O)c2cc(-c3ncccn3)c(C(F)(F)F)cc2F)n(-c2ccc(F)cc2)n1. The molecule has 0 bridgehead atoms. The molecule has 3 N–H and O–H groups in total. The van der Waals surface area contributed by atoms with Crippen LogP contribution in [0, 0.1) is 11.6 Å². The lowest BCUT2D eigenvalue weighted by Gasteiger charge is -2.15. The third kappa shape index (κ3) is 5.69. The number of hydrogen-bond acceptors (Lipinski definition) is 6. The van der Waals surface area contributed by atoms with E-state index in [0.717, 1.165) is 16.8 Å². The van der Waals surface area contributed by atoms with Crippen LogP contribution in [0.1, 0.15) is 21.6 Å². The van der Waals surface area contributed by atoms with E-state index in [0.29, 0.717) is 6.07 Å². The van der Waals surface area contributed by atoms with E-state index in [9.17, 15) is 31.5 Å². The maximum absolute atomic E-state index is 14.8. The molecule has 190 valence electrons. The zero-order valence-corrected chi connectivity index (χ0v) is 18.5. The number of carbonyl (C=O) groups is 2. The van der Waals surface area contributed by atoms with Gasteiger partial charge in [-0.3, -0.25) is 4.79 Å². The highest BCUT2D eigenvalue weighted by molar-refractivity contribution is 6.05. The molecule has 2 aromatic heterocycles. The van der Waals surface area contributed by atoms with Crippen LogP contribution < -0.4 is 11.1 Å². The number of hydrogen-bond donors (Lipinski definition) is 2. The van der Waals surface area contributed by atoms with Crippen molar-refractivity contribution in [2.24, 2.45) is 5.73 Å². The van der Waals surface area contributed by atoms with Gasteiger partial charge >= 0.3 is 12.3 Å². The fourth-order valence-corrected chi connectivity index (χ4v) is 3.30. The third-order valence-corrected chi connectivity index (χ3v) is 4.90. The molecule has 4 rings (SSSR count). The van der Waals surface area contributed by atoms with Crippen molar-refractivity contribution in [3.8, 4) is 17.1 Å². The molecule has 14 heteroatoms. The second kappa shape index (κ2) is 10.0. The largest absolute Gasteiger partial charge is 0.443 e. The normalized spacial score (nSPS) is 11.3. The number of carbonyl (C=O) groups excluding carboxylic acids is 2. The first-order valence-electron chi connectivity index (χ1n) is 10.3. The molecule has 0 aliphatic rings. The molecular formula is C23H15F5N6O3. The summed E-state index contributed by atoms with van der Waals surface area (Å²) in [6, 6.07) is 8.38. The predicted molar refractivity (Wildman–Crippen MR) is 118 cm³/mol. The van der Waals surface area contributed by atoms with Crippen molar-refractivity contribution in [2.75, 3.05) is 5.32 Å². The monoisotopic (exact) mass is 518 g/mol. The Morgan fingerprint density at radius 2 is 1.70 bits per heavy atom. The molecule has 0 fully saturated rings. The highest BCUT2D eigenvalue weighted by atomic mass is 19.4. The number of primary amides is 1. The third-order valence-electron chi connectivity index (χ3n) is 4.90. The van der Waals surface area contributed by atoms with Crippen LogP contribution in [0.5, 0.6) is 0 Å². The van der Waals surface area contributed by atoms with Gasteiger partial charge in [-0.2, -0.15) is 18.3 Å². The molecule has 0 saturated heterocycles. The Hall–Kier alpha value is -4.88. The van der Waals surface area contributed by atoms with E-state index in [1.165, 1.54) is 36.7 Å². The molecule has 2 amide bonds. The van der Waals surface area contributed by atoms with Crippen LogP contribution in [-0.2, 0) is 17.5 Å². The number of nitrogens with zero attached hydrogens (tertiary/aromatic N) is 4. The van der Waals surface area contributed by atoms with E-state index < -0.39 is 53.1 Å². The van der Waals surface area contributed by atoms with Crippen molar-refractivity contribution in [1.82, 2.24) is 19.7 Å². The maximum atomic E-state index is 14.8. The highest BCUT2D eigenvalue weighted by Crippen LogP contribution is 2.37. The number of halogens is 5. The Balaban J connectivity index is 1.75. The van der Waals surface area contributed by atoms with Crippen molar-refractivity contribution in [1.29, 1.82) is 0 Å². The number of aromatic nitrogens is 4. The average molecular weight is 518 g/mol. The van der Waals surface area contributed by atoms with Gasteiger partial charge in [0.15, 0.2) is 5.82 Å². The van der Waals surface area contributed by atoms with Crippen LogP contribution in [0.25, 0.3) is 17.1 Å². The fourth-order valence-electron chi connectivity index (χ4n) is 3.30. The summed E-state index contributed by atoms with van der Waals surface area (Å²) in [5.74, 6) is -3.59. The number of alkyl halides is 3. The molecule has 0 saturated carbocycles. The number of nitrogens with two attached hydrogens (primary N) is 1. The molecule has 2 aromatic carbocycles. The summed E-state index contributed by atoms with van der Waals surface area (Å²) in [5.41, 5.74) is 2.60. The lowest BCUT2D eigenvalue weighted by atomic mass is 10.0. The van der Waals surface area contributed by atoms with E-state index in [2.05, 4.69) is 25.1 Å². The Bertz CT molecular complexity index is 1460. The standard InChI is InChI=1S/C23H15F5N6O3/c24-12-2-4-14(5-3-12)34-19(8-13(33-34)11-37-22(29)36)32-21(35)16-9-15(20-30-6-1-7-31-20)17(10-18(16)25)23(26,27)28/h1-10H,11H2,(H2,29,36)(H,32,35). The van der Waals surface area contributed by atoms with Crippen molar-refractivity contribution < 1.29 is 36.3 Å². The van der Waals surface area contributed by atoms with Gasteiger partial charge in [-0.25, -0.2) is 28.2 Å². The summed E-state index contributed by atoms with van der Waals surface area (Å²) in [7, 11) is 0. The summed E-state index contributed by atoms with van der Waals surface area (Å²) in [6.45, 7) is -0.392. The molecule has 4 aromatic rings. The molecule has 0 spiro atoms. The Morgan fingerprint density at radius 1 is 1.03 bits per heavy atom. The first kappa shape index (κ1) is 25.2. The summed E-state index contributed by atoms with van der Waals surface area (Å²) >= 11 is 0. The smallest absolute Gasteiger partial charge is 0.417 e. The Labute approximate surface area is 204 Å². The summed E-state index contributed by atoms with van der Waals surface area (Å²) < 4.78 is 74.7. The predicted octanol–water partition coefficient (Wildman–Crippen LogP) is 4.47. The summed E-state index contributed by atoms with van der Waals surface area (Å²) in [4.78, 5) is 31.5. The highest BCUT2D eigenvalue weighted by Gasteiger charge is 2.36. The zero-order valence-electron chi connectivity index (χ0n) is 18.5. The lowest BCUT2D eigenvalue weighted by molar-refractivity contribution is -0.137. The van der Waals surface area contributed by atoms with E-state index in [1.807, 2.05) is 0 Å². The van der Waals surface area contributed by atoms with Crippen molar-refractivity contribution >= 4 is 17.8 Å². The summed E-state index contributed by atoms with van der Waals surface area (Å²) in [6.07, 6.45) is -3.66. The van der Waals surface area contributed by atoms with E-state index in [1.54, 1.807) is 0 Å². The van der Waals surface area contributed by atoms with Crippen molar-refractivity contribution in [3.63, 3.8) is 0 Å². The Morgan fingerprint density at radius 3 is 2.32 bits per heavy atom. The van der Waals surface area contributed by atoms with Crippen LogP contribution >= 0.6 is 0 Å². The summed E-state index contributed by atoms with van der Waals surface area (Å²) in [5, 5.41) is 6.51. The van der Waals surface area contributed by atoms with Crippen LogP contribution in [0.15, 0.2) is 60.9 Å². The number of nitrogens with one attached hydrogen (secondary N) is 1. The van der Waals surface area contributed by atoms with Gasteiger partial charge in [-0.15, -0.1) is 0 Å². The van der Waals surface area contributed by atoms with Crippen LogP contribution in [-0.4, -0.2) is 31.7 Å². The second-order valence-corrected chi connectivity index (χ2v) is 7.42. The fraction of sp³-hybridized carbons (Fsp3) is 0.0870. The molecular weight excluding hydrogens is 503 g/mol. The van der Waals surface area contributed by atoms with Crippen LogP contribution in [0.2, 0.25) is 0 Å². The average Bonchev–Trinajstić information content (AvgIpc) is 3.25. The van der Waals surface area contributed by atoms with Crippen LogP contribution in [0.4, 0.5) is 32.6 Å². The number of benzene rings is 2. The lowest BCUT2D eigenvalue weighted by Crippen LogP contribution is -2.18. The molecule has 0 atom stereocenters. The number of anilines is 1. The van der Waals surface area contributed by atoms with Crippen molar-refractivity contribution in [2.45, 2.75) is 12.8 Å². The Kier molecular flexibility index (Phi) is 6.82. The molecule has 37 heavy (non-hydrogen) atoms. The van der Waals surface area contributed by atoms with Crippen LogP contribution in [0.3, 0.4) is 0 Å². The number of ether oxygens (including phenoxy) is 1. The number of rotatable bonds is 6. The van der Waals surface area contributed by atoms with Gasteiger partial charge in [0.2, 0.25) is 0 Å². The quantitative estimate of drug-likeness (QED) is 0.363. The number of amides is 2. The van der Waals surface area contributed by atoms with Crippen molar-refractivity contribution in [3.05, 3.63) is 89.4 Å². The van der Waals surface area contributed by atoms with Gasteiger partial charge in [0.25, 0.3) is 5.91 Å². The molecule has 2 heterocycles. The molecule has 0 radical (unpaired) electrons. The van der Waals surface area contributed by atoms with E-state index in [4.69, 9.17) is 5.73 Å². The molecule has 0 unspecified atom stereocenters. The molecule has 0 aliphatic carbocycles. The van der Waals surface area contributed by atoms with E-state index >= 15 is 0 Å². The first-order valence-corrected chi connectivity index (χ1v) is 10.3. The van der Waals surface area contributed by atoms with Gasteiger partial charge in [-0.1, -0.05) is 0 Å². The van der Waals surface area contributed by atoms with Gasteiger partial charge in [-0.05, 0) is 42.5 Å². The van der Waals surface area contributed by atoms with E-state index in [-0.39, 0.29) is 29.1 Å². The first-order chi connectivity index (χ1) is 17.5. The van der Waals surface area contributed by atoms with Gasteiger partial charge in [0.05, 0.1) is 16.8 Å². The minimum absolute atomic E-state index is 0.0866. The van der Waals surface area contributed by atoms with Gasteiger partial charge in [0.1, 0.15) is 29.8 Å². The topological polar surface area (TPSA) is 125 Å². The molecule has 9 nitrogen and oxygen atoms in total. The molecule has 0 aliphatic heterocycles. The minimum atomic E-state index is -4.96. The zero-order chi connectivity index (χ0) is 26.7. The maximum Gasteiger partial charge on any atom is 0.417 e. The minimum Gasteiger partial charge on any atom is -0.443 e. The second-order valence-electron chi connectivity index (χ2n) is 7.42. The van der Waals surface area contributed by atoms with Gasteiger partial charge < -0.3 is 15.8 Å².